The third-order valence-electron chi connectivity index (χ3n) is 6.34. The van der Waals surface area contributed by atoms with Gasteiger partial charge in [0.2, 0.25) is 11.8 Å². The predicted molar refractivity (Wildman–Crippen MR) is 150 cm³/mol. The van der Waals surface area contributed by atoms with Crippen LogP contribution in [-0.4, -0.2) is 35.4 Å². The van der Waals surface area contributed by atoms with Gasteiger partial charge in [-0.3, -0.25) is 9.59 Å². The number of rotatable bonds is 13. The molecule has 2 amide bonds. The molecule has 0 aliphatic heterocycles. The topological polar surface area (TPSA) is 58.6 Å². The molecule has 0 saturated heterocycles. The molecule has 0 spiro atoms. The molecule has 0 aliphatic rings. The number of benzene rings is 3. The first-order chi connectivity index (χ1) is 17.9. The third kappa shape index (κ3) is 9.25. The SMILES string of the molecule is CC[C@@H](C)NC(=O)[C@@H](Cc1ccccc1)N(Cc1cccc(Cl)c1)C(=O)CCCOc1ccc(C)cc1. The van der Waals surface area contributed by atoms with Crippen LogP contribution in [0.4, 0.5) is 0 Å². The van der Waals surface area contributed by atoms with Crippen LogP contribution in [0.1, 0.15) is 49.8 Å². The summed E-state index contributed by atoms with van der Waals surface area (Å²) >= 11 is 6.24. The molecular formula is C31H37ClN2O3. The van der Waals surface area contributed by atoms with E-state index in [1.165, 1.54) is 5.56 Å². The zero-order chi connectivity index (χ0) is 26.6. The maximum atomic E-state index is 13.6. The fraction of sp³-hybridized carbons (Fsp3) is 0.355. The Balaban J connectivity index is 1.79. The van der Waals surface area contributed by atoms with Crippen molar-refractivity contribution in [3.05, 3.63) is 101 Å². The number of nitrogens with one attached hydrogen (secondary N) is 1. The van der Waals surface area contributed by atoms with E-state index in [9.17, 15) is 9.59 Å². The lowest BCUT2D eigenvalue weighted by Gasteiger charge is -2.32. The van der Waals surface area contributed by atoms with Gasteiger partial charge in [-0.25, -0.2) is 0 Å². The quantitative estimate of drug-likeness (QED) is 0.267. The first-order valence-corrected chi connectivity index (χ1v) is 13.3. The number of aryl methyl sites for hydroxylation is 1. The molecule has 0 aliphatic carbocycles. The smallest absolute Gasteiger partial charge is 0.243 e. The number of carbonyl (C=O) groups excluding carboxylic acids is 2. The summed E-state index contributed by atoms with van der Waals surface area (Å²) in [5.74, 6) is 0.543. The third-order valence-corrected chi connectivity index (χ3v) is 6.57. The van der Waals surface area contributed by atoms with Gasteiger partial charge in [-0.15, -0.1) is 0 Å². The van der Waals surface area contributed by atoms with Crippen LogP contribution in [0.5, 0.6) is 5.75 Å². The molecule has 6 heteroatoms. The summed E-state index contributed by atoms with van der Waals surface area (Å²) in [6, 6.07) is 24.5. The van der Waals surface area contributed by atoms with E-state index < -0.39 is 6.04 Å². The zero-order valence-electron chi connectivity index (χ0n) is 22.0. The lowest BCUT2D eigenvalue weighted by molar-refractivity contribution is -0.141. The van der Waals surface area contributed by atoms with Crippen molar-refractivity contribution >= 4 is 23.4 Å². The maximum Gasteiger partial charge on any atom is 0.243 e. The minimum Gasteiger partial charge on any atom is -0.494 e. The summed E-state index contributed by atoms with van der Waals surface area (Å²) in [5.41, 5.74) is 3.05. The molecule has 196 valence electrons. The van der Waals surface area contributed by atoms with Crippen molar-refractivity contribution in [1.82, 2.24) is 10.2 Å². The van der Waals surface area contributed by atoms with Crippen molar-refractivity contribution in [2.24, 2.45) is 0 Å². The molecule has 5 nitrogen and oxygen atoms in total. The van der Waals surface area contributed by atoms with E-state index in [4.69, 9.17) is 16.3 Å². The predicted octanol–water partition coefficient (Wildman–Crippen LogP) is 6.36. The van der Waals surface area contributed by atoms with Crippen molar-refractivity contribution in [2.75, 3.05) is 6.61 Å². The molecule has 3 aromatic rings. The molecular weight excluding hydrogens is 484 g/mol. The van der Waals surface area contributed by atoms with Gasteiger partial charge in [0.25, 0.3) is 0 Å². The second kappa shape index (κ2) is 14.4. The van der Waals surface area contributed by atoms with Crippen LogP contribution < -0.4 is 10.1 Å². The van der Waals surface area contributed by atoms with Crippen LogP contribution in [-0.2, 0) is 22.6 Å². The van der Waals surface area contributed by atoms with Crippen LogP contribution in [0.2, 0.25) is 5.02 Å². The number of carbonyl (C=O) groups is 2. The second-order valence-corrected chi connectivity index (χ2v) is 9.88. The number of halogens is 1. The fourth-order valence-electron chi connectivity index (χ4n) is 4.02. The minimum absolute atomic E-state index is 0.0109. The number of hydrogen-bond donors (Lipinski definition) is 1. The normalized spacial score (nSPS) is 12.4. The summed E-state index contributed by atoms with van der Waals surface area (Å²) in [4.78, 5) is 28.8. The summed E-state index contributed by atoms with van der Waals surface area (Å²) in [6.07, 6.45) is 2.05. The summed E-state index contributed by atoms with van der Waals surface area (Å²) < 4.78 is 5.83. The van der Waals surface area contributed by atoms with E-state index in [2.05, 4.69) is 5.32 Å². The molecule has 2 atom stereocenters. The van der Waals surface area contributed by atoms with E-state index >= 15 is 0 Å². The Hall–Kier alpha value is -3.31. The van der Waals surface area contributed by atoms with Crippen molar-refractivity contribution < 1.29 is 14.3 Å². The van der Waals surface area contributed by atoms with Gasteiger partial charge in [-0.2, -0.15) is 0 Å². The lowest BCUT2D eigenvalue weighted by Crippen LogP contribution is -2.52. The van der Waals surface area contributed by atoms with Gasteiger partial charge in [0.05, 0.1) is 6.61 Å². The first kappa shape index (κ1) is 28.3. The van der Waals surface area contributed by atoms with Crippen LogP contribution in [0.3, 0.4) is 0 Å². The molecule has 3 rings (SSSR count). The number of ether oxygens (including phenoxy) is 1. The fourth-order valence-corrected chi connectivity index (χ4v) is 4.23. The van der Waals surface area contributed by atoms with Gasteiger partial charge in [0, 0.05) is 30.5 Å². The molecule has 0 aromatic heterocycles. The minimum atomic E-state index is -0.652. The van der Waals surface area contributed by atoms with E-state index in [0.717, 1.165) is 23.3 Å². The molecule has 0 fully saturated rings. The molecule has 0 heterocycles. The van der Waals surface area contributed by atoms with Gasteiger partial charge in [0.1, 0.15) is 11.8 Å². The van der Waals surface area contributed by atoms with Crippen molar-refractivity contribution in [2.45, 2.75) is 65.1 Å². The standard InChI is InChI=1S/C31H37ClN2O3/c1-4-24(3)33-31(36)29(21-25-10-6-5-7-11-25)34(22-26-12-8-13-27(32)20-26)30(35)14-9-19-37-28-17-15-23(2)16-18-28/h5-8,10-13,15-18,20,24,29H,4,9,14,19,21-22H2,1-3H3,(H,33,36)/t24-,29-/m1/s1. The molecule has 37 heavy (non-hydrogen) atoms. The molecule has 1 N–H and O–H groups in total. The molecule has 0 bridgehead atoms. The van der Waals surface area contributed by atoms with Gasteiger partial charge >= 0.3 is 0 Å². The Labute approximate surface area is 225 Å². The summed E-state index contributed by atoms with van der Waals surface area (Å²) in [6.45, 7) is 6.75. The molecule has 3 aromatic carbocycles. The highest BCUT2D eigenvalue weighted by atomic mass is 35.5. The largest absolute Gasteiger partial charge is 0.494 e. The van der Waals surface area contributed by atoms with Gasteiger partial charge < -0.3 is 15.0 Å². The Morgan fingerprint density at radius 3 is 2.35 bits per heavy atom. The Morgan fingerprint density at radius 2 is 1.68 bits per heavy atom. The molecule has 0 unspecified atom stereocenters. The van der Waals surface area contributed by atoms with Gasteiger partial charge in [-0.1, -0.05) is 78.7 Å². The van der Waals surface area contributed by atoms with Gasteiger partial charge in [0.15, 0.2) is 0 Å². The molecule has 0 radical (unpaired) electrons. The van der Waals surface area contributed by atoms with Crippen molar-refractivity contribution in [1.29, 1.82) is 0 Å². The summed E-state index contributed by atoms with van der Waals surface area (Å²) in [7, 11) is 0. The van der Waals surface area contributed by atoms with E-state index in [1.54, 1.807) is 11.0 Å². The second-order valence-electron chi connectivity index (χ2n) is 9.44. The van der Waals surface area contributed by atoms with Crippen molar-refractivity contribution in [3.63, 3.8) is 0 Å². The van der Waals surface area contributed by atoms with Crippen LogP contribution in [0.15, 0.2) is 78.9 Å². The number of hydrogen-bond acceptors (Lipinski definition) is 3. The van der Waals surface area contributed by atoms with E-state index in [1.807, 2.05) is 93.6 Å². The highest BCUT2D eigenvalue weighted by Crippen LogP contribution is 2.19. The van der Waals surface area contributed by atoms with Crippen LogP contribution >= 0.6 is 11.6 Å². The van der Waals surface area contributed by atoms with Crippen molar-refractivity contribution in [3.8, 4) is 5.75 Å². The highest BCUT2D eigenvalue weighted by Gasteiger charge is 2.30. The monoisotopic (exact) mass is 520 g/mol. The Kier molecular flexibility index (Phi) is 11.0. The van der Waals surface area contributed by atoms with Crippen LogP contribution in [0.25, 0.3) is 0 Å². The maximum absolute atomic E-state index is 13.6. The van der Waals surface area contributed by atoms with Gasteiger partial charge in [-0.05, 0) is 62.1 Å². The van der Waals surface area contributed by atoms with Crippen LogP contribution in [0, 0.1) is 6.92 Å². The Bertz CT molecular complexity index is 1130. The zero-order valence-corrected chi connectivity index (χ0v) is 22.7. The average Bonchev–Trinajstić information content (AvgIpc) is 2.90. The molecule has 0 saturated carbocycles. The first-order valence-electron chi connectivity index (χ1n) is 12.9. The lowest BCUT2D eigenvalue weighted by atomic mass is 10.0. The number of nitrogens with zero attached hydrogens (tertiary/aromatic N) is 1. The van der Waals surface area contributed by atoms with E-state index in [0.29, 0.717) is 31.0 Å². The highest BCUT2D eigenvalue weighted by molar-refractivity contribution is 6.30. The average molecular weight is 521 g/mol. The number of amides is 2. The Morgan fingerprint density at radius 1 is 0.973 bits per heavy atom. The van der Waals surface area contributed by atoms with E-state index in [-0.39, 0.29) is 24.3 Å². The summed E-state index contributed by atoms with van der Waals surface area (Å²) in [5, 5.41) is 3.69.